The summed E-state index contributed by atoms with van der Waals surface area (Å²) in [6, 6.07) is 16.1. The third-order valence-corrected chi connectivity index (χ3v) is 5.15. The predicted octanol–water partition coefficient (Wildman–Crippen LogP) is 3.38. The van der Waals surface area contributed by atoms with E-state index < -0.39 is 0 Å². The van der Waals surface area contributed by atoms with Crippen molar-refractivity contribution in [2.45, 2.75) is 12.1 Å². The van der Waals surface area contributed by atoms with Crippen LogP contribution in [0.25, 0.3) is 5.69 Å². The molecule has 27 heavy (non-hydrogen) atoms. The van der Waals surface area contributed by atoms with E-state index in [4.69, 9.17) is 12.2 Å². The van der Waals surface area contributed by atoms with Crippen LogP contribution in [0.4, 0.5) is 5.69 Å². The van der Waals surface area contributed by atoms with Gasteiger partial charge in [0.2, 0.25) is 0 Å². The molecule has 1 aliphatic heterocycles. The van der Waals surface area contributed by atoms with Crippen LogP contribution in [0, 0.1) is 10.1 Å². The Balaban J connectivity index is 1.79. The Morgan fingerprint density at radius 3 is 2.78 bits per heavy atom. The van der Waals surface area contributed by atoms with Crippen LogP contribution in [0.1, 0.15) is 23.5 Å². The van der Waals surface area contributed by atoms with Crippen LogP contribution in [-0.2, 0) is 0 Å². The molecule has 0 aliphatic carbocycles. The van der Waals surface area contributed by atoms with Crippen LogP contribution in [-0.4, -0.2) is 31.5 Å². The van der Waals surface area contributed by atoms with Crippen LogP contribution in [0.2, 0.25) is 0 Å². The standard InChI is InChI=1S/C19H17N5O2S/c1-22-18(17(21-19(22)27)15-8-2-3-10-20-15)16-9-5-11-23(16)13-6-4-7-14(12-13)24(25)26/h2-12,17-18H,1H3,(H,21,27)/t17-,18-/m1/s1. The van der Waals surface area contributed by atoms with E-state index in [9.17, 15) is 10.1 Å². The van der Waals surface area contributed by atoms with Gasteiger partial charge in [-0.05, 0) is 42.5 Å². The van der Waals surface area contributed by atoms with Gasteiger partial charge in [0.1, 0.15) is 0 Å². The van der Waals surface area contributed by atoms with Crippen molar-refractivity contribution in [3.05, 3.63) is 88.5 Å². The van der Waals surface area contributed by atoms with E-state index in [1.807, 2.05) is 59.1 Å². The minimum Gasteiger partial charge on any atom is -0.352 e. The molecule has 0 unspecified atom stereocenters. The van der Waals surface area contributed by atoms with Gasteiger partial charge in [-0.1, -0.05) is 12.1 Å². The molecule has 0 radical (unpaired) electrons. The van der Waals surface area contributed by atoms with E-state index >= 15 is 0 Å². The first-order valence-electron chi connectivity index (χ1n) is 8.42. The molecule has 2 aromatic heterocycles. The molecular formula is C19H17N5O2S. The van der Waals surface area contributed by atoms with E-state index in [-0.39, 0.29) is 22.7 Å². The first kappa shape index (κ1) is 17.2. The number of pyridine rings is 1. The third-order valence-electron chi connectivity index (χ3n) is 4.74. The predicted molar refractivity (Wildman–Crippen MR) is 106 cm³/mol. The Labute approximate surface area is 161 Å². The number of rotatable bonds is 4. The number of nitro benzene ring substituents is 1. The van der Waals surface area contributed by atoms with Gasteiger partial charge < -0.3 is 14.8 Å². The SMILES string of the molecule is CN1C(=S)N[C@H](c2ccccn2)[C@H]1c1cccn1-c1cccc([N+](=O)[O-])c1. The maximum Gasteiger partial charge on any atom is 0.271 e. The molecule has 4 rings (SSSR count). The molecule has 0 bridgehead atoms. The van der Waals surface area contributed by atoms with E-state index in [0.29, 0.717) is 5.11 Å². The van der Waals surface area contributed by atoms with Gasteiger partial charge >= 0.3 is 0 Å². The van der Waals surface area contributed by atoms with Crippen molar-refractivity contribution in [1.29, 1.82) is 0 Å². The van der Waals surface area contributed by atoms with E-state index in [0.717, 1.165) is 17.1 Å². The number of nitrogens with one attached hydrogen (secondary N) is 1. The molecule has 3 heterocycles. The molecule has 3 aromatic rings. The van der Waals surface area contributed by atoms with Crippen molar-refractivity contribution >= 4 is 23.0 Å². The van der Waals surface area contributed by atoms with Crippen molar-refractivity contribution in [1.82, 2.24) is 19.8 Å². The number of nitro groups is 1. The molecule has 7 nitrogen and oxygen atoms in total. The quantitative estimate of drug-likeness (QED) is 0.425. The summed E-state index contributed by atoms with van der Waals surface area (Å²) in [5, 5.41) is 15.1. The monoisotopic (exact) mass is 379 g/mol. The van der Waals surface area contributed by atoms with E-state index in [1.54, 1.807) is 18.3 Å². The molecule has 8 heteroatoms. The van der Waals surface area contributed by atoms with Gasteiger partial charge in [-0.25, -0.2) is 0 Å². The van der Waals surface area contributed by atoms with Gasteiger partial charge in [0, 0.05) is 37.3 Å². The van der Waals surface area contributed by atoms with Crippen LogP contribution in [0.3, 0.4) is 0 Å². The van der Waals surface area contributed by atoms with Crippen molar-refractivity contribution in [3.63, 3.8) is 0 Å². The minimum absolute atomic E-state index is 0.0573. The fourth-order valence-electron chi connectivity index (χ4n) is 3.46. The Morgan fingerprint density at radius 2 is 2.04 bits per heavy atom. The number of hydrogen-bond donors (Lipinski definition) is 1. The maximum absolute atomic E-state index is 11.1. The summed E-state index contributed by atoms with van der Waals surface area (Å²) in [4.78, 5) is 17.2. The molecule has 0 saturated carbocycles. The maximum atomic E-state index is 11.1. The van der Waals surface area contributed by atoms with Crippen LogP contribution in [0.15, 0.2) is 67.0 Å². The van der Waals surface area contributed by atoms with Crippen molar-refractivity contribution in [2.24, 2.45) is 0 Å². The zero-order valence-corrected chi connectivity index (χ0v) is 15.3. The summed E-state index contributed by atoms with van der Waals surface area (Å²) in [7, 11) is 1.94. The van der Waals surface area contributed by atoms with Gasteiger partial charge in [-0.3, -0.25) is 15.1 Å². The lowest BCUT2D eigenvalue weighted by Gasteiger charge is -2.25. The topological polar surface area (TPSA) is 76.2 Å². The number of aromatic nitrogens is 2. The largest absolute Gasteiger partial charge is 0.352 e. The van der Waals surface area contributed by atoms with Crippen molar-refractivity contribution in [2.75, 3.05) is 7.05 Å². The minimum atomic E-state index is -0.387. The van der Waals surface area contributed by atoms with Crippen LogP contribution >= 0.6 is 12.2 Å². The average molecular weight is 379 g/mol. The highest BCUT2D eigenvalue weighted by Crippen LogP contribution is 2.38. The zero-order valence-electron chi connectivity index (χ0n) is 14.5. The summed E-state index contributed by atoms with van der Waals surface area (Å²) in [6.07, 6.45) is 3.66. The first-order chi connectivity index (χ1) is 13.1. The summed E-state index contributed by atoms with van der Waals surface area (Å²) in [6.45, 7) is 0. The summed E-state index contributed by atoms with van der Waals surface area (Å²) >= 11 is 5.47. The van der Waals surface area contributed by atoms with Gasteiger partial charge in [-0.15, -0.1) is 0 Å². The Hall–Kier alpha value is -3.26. The normalized spacial score (nSPS) is 19.1. The lowest BCUT2D eigenvalue weighted by molar-refractivity contribution is -0.384. The second-order valence-electron chi connectivity index (χ2n) is 6.32. The highest BCUT2D eigenvalue weighted by atomic mass is 32.1. The molecule has 1 N–H and O–H groups in total. The van der Waals surface area contributed by atoms with Gasteiger partial charge in [-0.2, -0.15) is 0 Å². The van der Waals surface area contributed by atoms with Gasteiger partial charge in [0.15, 0.2) is 5.11 Å². The molecule has 1 saturated heterocycles. The zero-order chi connectivity index (χ0) is 19.0. The third kappa shape index (κ3) is 3.04. The fourth-order valence-corrected chi connectivity index (χ4v) is 3.70. The van der Waals surface area contributed by atoms with Crippen LogP contribution < -0.4 is 5.32 Å². The number of benzene rings is 1. The Kier molecular flexibility index (Phi) is 4.33. The summed E-state index contributed by atoms with van der Waals surface area (Å²) in [5.41, 5.74) is 2.65. The van der Waals surface area contributed by atoms with Gasteiger partial charge in [0.25, 0.3) is 5.69 Å². The van der Waals surface area contributed by atoms with Crippen molar-refractivity contribution < 1.29 is 4.92 Å². The summed E-state index contributed by atoms with van der Waals surface area (Å²) < 4.78 is 1.96. The molecular weight excluding hydrogens is 362 g/mol. The highest BCUT2D eigenvalue weighted by molar-refractivity contribution is 7.80. The lowest BCUT2D eigenvalue weighted by Crippen LogP contribution is -2.25. The molecule has 1 aromatic carbocycles. The molecule has 2 atom stereocenters. The number of thiocarbonyl (C=S) groups is 1. The molecule has 1 aliphatic rings. The lowest BCUT2D eigenvalue weighted by atomic mass is 10.0. The number of non-ortho nitro benzene ring substituents is 1. The Bertz CT molecular complexity index is 1000. The van der Waals surface area contributed by atoms with E-state index in [1.165, 1.54) is 6.07 Å². The number of likely N-dealkylation sites (N-methyl/N-ethyl adjacent to an activating group) is 1. The smallest absolute Gasteiger partial charge is 0.271 e. The van der Waals surface area contributed by atoms with Gasteiger partial charge in [0.05, 0.1) is 28.4 Å². The molecule has 0 amide bonds. The average Bonchev–Trinajstić information content (AvgIpc) is 3.27. The number of nitrogens with zero attached hydrogens (tertiary/aromatic N) is 4. The second-order valence-corrected chi connectivity index (χ2v) is 6.70. The molecule has 0 spiro atoms. The number of hydrogen-bond acceptors (Lipinski definition) is 4. The van der Waals surface area contributed by atoms with E-state index in [2.05, 4.69) is 10.3 Å². The Morgan fingerprint density at radius 1 is 1.19 bits per heavy atom. The molecule has 1 fully saturated rings. The highest BCUT2D eigenvalue weighted by Gasteiger charge is 2.39. The van der Waals surface area contributed by atoms with Crippen molar-refractivity contribution in [3.8, 4) is 5.69 Å². The van der Waals surface area contributed by atoms with Crippen LogP contribution in [0.5, 0.6) is 0 Å². The fraction of sp³-hybridized carbons (Fsp3) is 0.158. The molecule has 136 valence electrons. The first-order valence-corrected chi connectivity index (χ1v) is 8.83. The second kappa shape index (κ2) is 6.81. The summed E-state index contributed by atoms with van der Waals surface area (Å²) in [5.74, 6) is 0.